The summed E-state index contributed by atoms with van der Waals surface area (Å²) in [6, 6.07) is 14.0. The number of hydrogen-bond donors (Lipinski definition) is 2. The van der Waals surface area contributed by atoms with Crippen molar-refractivity contribution >= 4 is 16.9 Å². The second-order valence-corrected chi connectivity index (χ2v) is 7.04. The van der Waals surface area contributed by atoms with Crippen LogP contribution in [0.15, 0.2) is 53.3 Å². The number of benzene rings is 2. The number of H-pyrrole nitrogens is 1. The fourth-order valence-corrected chi connectivity index (χ4v) is 3.56. The minimum absolute atomic E-state index is 0.0194. The van der Waals surface area contributed by atoms with Gasteiger partial charge in [-0.05, 0) is 48.6 Å². The number of aryl methyl sites for hydroxylation is 1. The van der Waals surface area contributed by atoms with Gasteiger partial charge in [0, 0.05) is 19.5 Å². The number of halogens is 1. The average molecular weight is 383 g/mol. The summed E-state index contributed by atoms with van der Waals surface area (Å²) in [5, 5.41) is 2.94. The van der Waals surface area contributed by atoms with Crippen LogP contribution in [-0.4, -0.2) is 22.0 Å². The van der Waals surface area contributed by atoms with Crippen molar-refractivity contribution in [2.45, 2.75) is 45.1 Å². The summed E-state index contributed by atoms with van der Waals surface area (Å²) in [6.45, 7) is 3.12. The highest BCUT2D eigenvalue weighted by Crippen LogP contribution is 2.25. The molecule has 0 saturated heterocycles. The quantitative estimate of drug-likeness (QED) is 0.550. The Balaban J connectivity index is 1.51. The van der Waals surface area contributed by atoms with Crippen molar-refractivity contribution in [1.82, 2.24) is 14.9 Å². The lowest BCUT2D eigenvalue weighted by molar-refractivity contribution is -0.121. The Hall–Kier alpha value is -2.89. The number of imidazole rings is 1. The number of hydrogen-bond acceptors (Lipinski definition) is 2. The van der Waals surface area contributed by atoms with Gasteiger partial charge in [-0.2, -0.15) is 0 Å². The van der Waals surface area contributed by atoms with Crippen LogP contribution in [-0.2, 0) is 11.3 Å². The van der Waals surface area contributed by atoms with E-state index in [1.807, 2.05) is 24.3 Å². The Labute approximate surface area is 163 Å². The highest BCUT2D eigenvalue weighted by molar-refractivity contribution is 5.77. The van der Waals surface area contributed by atoms with Crippen LogP contribution in [0.4, 0.5) is 4.39 Å². The summed E-state index contributed by atoms with van der Waals surface area (Å²) in [4.78, 5) is 27.2. The molecule has 1 aromatic heterocycles. The Kier molecular flexibility index (Phi) is 6.63. The zero-order valence-electron chi connectivity index (χ0n) is 16.1. The first-order chi connectivity index (χ1) is 13.6. The van der Waals surface area contributed by atoms with Crippen molar-refractivity contribution in [2.24, 2.45) is 0 Å². The topological polar surface area (TPSA) is 66.9 Å². The third kappa shape index (κ3) is 4.88. The van der Waals surface area contributed by atoms with Crippen LogP contribution in [0.3, 0.4) is 0 Å². The second-order valence-electron chi connectivity index (χ2n) is 7.04. The van der Waals surface area contributed by atoms with Gasteiger partial charge in [0.25, 0.3) is 0 Å². The van der Waals surface area contributed by atoms with Gasteiger partial charge in [-0.15, -0.1) is 0 Å². The molecule has 1 atom stereocenters. The van der Waals surface area contributed by atoms with E-state index in [0.29, 0.717) is 25.9 Å². The van der Waals surface area contributed by atoms with Crippen molar-refractivity contribution in [3.63, 3.8) is 0 Å². The van der Waals surface area contributed by atoms with E-state index in [0.717, 1.165) is 29.4 Å². The molecule has 0 spiro atoms. The number of rotatable bonds is 9. The molecule has 1 unspecified atom stereocenters. The fraction of sp³-hybridized carbons (Fsp3) is 0.364. The molecule has 28 heavy (non-hydrogen) atoms. The lowest BCUT2D eigenvalue weighted by Crippen LogP contribution is -2.27. The first-order valence-electron chi connectivity index (χ1n) is 9.78. The van der Waals surface area contributed by atoms with E-state index in [1.165, 1.54) is 12.1 Å². The number of fused-ring (bicyclic) bond motifs is 1. The summed E-state index contributed by atoms with van der Waals surface area (Å²) in [5.74, 6) is -0.202. The third-order valence-corrected chi connectivity index (χ3v) is 4.97. The molecule has 0 aliphatic carbocycles. The maximum Gasteiger partial charge on any atom is 0.326 e. The number of carbonyl (C=O) groups is 1. The van der Waals surface area contributed by atoms with Gasteiger partial charge < -0.3 is 10.3 Å². The Morgan fingerprint density at radius 2 is 1.93 bits per heavy atom. The number of nitrogens with zero attached hydrogens (tertiary/aromatic N) is 1. The molecular formula is C22H26FN3O2. The van der Waals surface area contributed by atoms with Crippen molar-refractivity contribution in [3.05, 3.63) is 70.4 Å². The van der Waals surface area contributed by atoms with E-state index in [2.05, 4.69) is 17.2 Å². The van der Waals surface area contributed by atoms with Crippen LogP contribution < -0.4 is 11.0 Å². The van der Waals surface area contributed by atoms with Crippen molar-refractivity contribution in [3.8, 4) is 0 Å². The molecule has 0 aliphatic heterocycles. The molecule has 0 bridgehead atoms. The van der Waals surface area contributed by atoms with Crippen LogP contribution >= 0.6 is 0 Å². The molecule has 1 heterocycles. The molecule has 3 aromatic rings. The molecular weight excluding hydrogens is 357 g/mol. The minimum Gasteiger partial charge on any atom is -0.356 e. The van der Waals surface area contributed by atoms with Gasteiger partial charge in [0.05, 0.1) is 11.0 Å². The average Bonchev–Trinajstić information content (AvgIpc) is 3.01. The highest BCUT2D eigenvalue weighted by atomic mass is 19.1. The zero-order chi connectivity index (χ0) is 19.9. The molecule has 0 radical (unpaired) electrons. The summed E-state index contributed by atoms with van der Waals surface area (Å²) in [7, 11) is 0. The van der Waals surface area contributed by atoms with E-state index in [9.17, 15) is 14.0 Å². The third-order valence-electron chi connectivity index (χ3n) is 4.97. The SMILES string of the molecule is CCCC(CC(=O)NCCCn1c(=O)[nH]c2ccccc21)c1ccc(F)cc1. The van der Waals surface area contributed by atoms with Gasteiger partial charge in [-0.1, -0.05) is 37.6 Å². The normalized spacial score (nSPS) is 12.2. The van der Waals surface area contributed by atoms with Crippen LogP contribution in [0.25, 0.3) is 11.0 Å². The first-order valence-corrected chi connectivity index (χ1v) is 9.78. The van der Waals surface area contributed by atoms with E-state index in [-0.39, 0.29) is 23.3 Å². The lowest BCUT2D eigenvalue weighted by atomic mass is 9.91. The lowest BCUT2D eigenvalue weighted by Gasteiger charge is -2.16. The number of carbonyl (C=O) groups excluding carboxylic acids is 1. The molecule has 148 valence electrons. The van der Waals surface area contributed by atoms with Crippen molar-refractivity contribution in [2.75, 3.05) is 6.54 Å². The molecule has 0 aliphatic rings. The van der Waals surface area contributed by atoms with Gasteiger partial charge in [-0.25, -0.2) is 9.18 Å². The monoisotopic (exact) mass is 383 g/mol. The number of aromatic nitrogens is 2. The minimum atomic E-state index is -0.268. The van der Waals surface area contributed by atoms with Gasteiger partial charge in [0.2, 0.25) is 5.91 Å². The summed E-state index contributed by atoms with van der Waals surface area (Å²) in [5.41, 5.74) is 2.55. The molecule has 1 amide bonds. The summed E-state index contributed by atoms with van der Waals surface area (Å²) in [6.07, 6.45) is 2.89. The standard InChI is InChI=1S/C22H26FN3O2/c1-2-6-17(16-9-11-18(23)12-10-16)15-21(27)24-13-5-14-26-20-8-4-3-7-19(20)25-22(26)28/h3-4,7-12,17H,2,5-6,13-15H2,1H3,(H,24,27)(H,25,28). The fourth-order valence-electron chi connectivity index (χ4n) is 3.56. The maximum atomic E-state index is 13.1. The summed E-state index contributed by atoms with van der Waals surface area (Å²) < 4.78 is 14.8. The van der Waals surface area contributed by atoms with Crippen LogP contribution in [0.2, 0.25) is 0 Å². The van der Waals surface area contributed by atoms with Gasteiger partial charge >= 0.3 is 5.69 Å². The Morgan fingerprint density at radius 1 is 1.18 bits per heavy atom. The van der Waals surface area contributed by atoms with Crippen LogP contribution in [0, 0.1) is 5.82 Å². The number of aromatic amines is 1. The van der Waals surface area contributed by atoms with Crippen LogP contribution in [0.5, 0.6) is 0 Å². The zero-order valence-corrected chi connectivity index (χ0v) is 16.1. The van der Waals surface area contributed by atoms with E-state index >= 15 is 0 Å². The second kappa shape index (κ2) is 9.35. The van der Waals surface area contributed by atoms with Crippen LogP contribution in [0.1, 0.15) is 44.1 Å². The largest absolute Gasteiger partial charge is 0.356 e. The highest BCUT2D eigenvalue weighted by Gasteiger charge is 2.15. The van der Waals surface area contributed by atoms with E-state index in [1.54, 1.807) is 16.7 Å². The Bertz CT molecular complexity index is 975. The number of nitrogens with one attached hydrogen (secondary N) is 2. The number of para-hydroxylation sites is 2. The summed E-state index contributed by atoms with van der Waals surface area (Å²) >= 11 is 0. The first kappa shape index (κ1) is 19.9. The molecule has 0 fully saturated rings. The molecule has 6 heteroatoms. The number of amides is 1. The van der Waals surface area contributed by atoms with E-state index in [4.69, 9.17) is 0 Å². The maximum absolute atomic E-state index is 13.1. The molecule has 2 N–H and O–H groups in total. The molecule has 5 nitrogen and oxygen atoms in total. The molecule has 3 rings (SSSR count). The predicted molar refractivity (Wildman–Crippen MR) is 109 cm³/mol. The van der Waals surface area contributed by atoms with Crippen molar-refractivity contribution < 1.29 is 9.18 Å². The molecule has 0 saturated carbocycles. The van der Waals surface area contributed by atoms with E-state index < -0.39 is 0 Å². The van der Waals surface area contributed by atoms with Gasteiger partial charge in [-0.3, -0.25) is 9.36 Å². The smallest absolute Gasteiger partial charge is 0.326 e. The van der Waals surface area contributed by atoms with Gasteiger partial charge in [0.15, 0.2) is 0 Å². The predicted octanol–water partition coefficient (Wildman–Crippen LogP) is 3.95. The van der Waals surface area contributed by atoms with Gasteiger partial charge in [0.1, 0.15) is 5.82 Å². The Morgan fingerprint density at radius 3 is 2.68 bits per heavy atom. The molecule has 2 aromatic carbocycles. The van der Waals surface area contributed by atoms with Crippen molar-refractivity contribution in [1.29, 1.82) is 0 Å².